The summed E-state index contributed by atoms with van der Waals surface area (Å²) in [5.74, 6) is 0.203. The molecule has 3 aromatic rings. The number of hydrogen-bond donors (Lipinski definition) is 1. The van der Waals surface area contributed by atoms with E-state index in [-0.39, 0.29) is 5.88 Å². The van der Waals surface area contributed by atoms with Crippen LogP contribution < -0.4 is 0 Å². The third kappa shape index (κ3) is 2.47. The lowest BCUT2D eigenvalue weighted by atomic mass is 10.1. The molecule has 1 N–H and O–H groups in total. The van der Waals surface area contributed by atoms with Gasteiger partial charge in [0.05, 0.1) is 4.88 Å². The number of hydrogen-bond acceptors (Lipinski definition) is 5. The lowest BCUT2D eigenvalue weighted by Gasteiger charge is -2.01. The molecule has 0 aliphatic carbocycles. The number of rotatable bonds is 3. The summed E-state index contributed by atoms with van der Waals surface area (Å²) in [5, 5.41) is 12.9. The van der Waals surface area contributed by atoms with Gasteiger partial charge in [-0.15, -0.1) is 22.7 Å². The van der Waals surface area contributed by atoms with Crippen molar-refractivity contribution in [2.24, 2.45) is 0 Å². The molecule has 0 atom stereocenters. The molecule has 96 valence electrons. The van der Waals surface area contributed by atoms with E-state index >= 15 is 0 Å². The molecule has 0 saturated heterocycles. The van der Waals surface area contributed by atoms with Crippen LogP contribution in [0.1, 0.15) is 10.4 Å². The number of nitrogens with zero attached hydrogens (tertiary/aromatic N) is 2. The Kier molecular flexibility index (Phi) is 3.46. The summed E-state index contributed by atoms with van der Waals surface area (Å²) in [6, 6.07) is 10.0. The van der Waals surface area contributed by atoms with Crippen molar-refractivity contribution in [2.75, 3.05) is 0 Å². The second-order valence-electron chi connectivity index (χ2n) is 3.93. The standard InChI is InChI=1S/C13H10N2OS3/c16-11-10(8-9-4-2-1-3-5-9)19-13(17)15(11)12-14-6-7-18-12/h1-7,16H,8H2. The SMILES string of the molecule is Oc1c(Cc2ccccc2)sc(=S)n1-c1nccs1. The first-order valence-electron chi connectivity index (χ1n) is 5.63. The van der Waals surface area contributed by atoms with Gasteiger partial charge in [0.15, 0.2) is 9.09 Å². The Balaban J connectivity index is 2.01. The molecule has 19 heavy (non-hydrogen) atoms. The van der Waals surface area contributed by atoms with Gasteiger partial charge in [0.25, 0.3) is 0 Å². The maximum Gasteiger partial charge on any atom is 0.213 e. The molecule has 0 radical (unpaired) electrons. The molecule has 0 amide bonds. The largest absolute Gasteiger partial charge is 0.493 e. The summed E-state index contributed by atoms with van der Waals surface area (Å²) in [7, 11) is 0. The van der Waals surface area contributed by atoms with Crippen LogP contribution in [0.4, 0.5) is 0 Å². The predicted molar refractivity (Wildman–Crippen MR) is 81.1 cm³/mol. The van der Waals surface area contributed by atoms with Crippen LogP contribution in [0.5, 0.6) is 5.88 Å². The average Bonchev–Trinajstić information content (AvgIpc) is 3.01. The average molecular weight is 306 g/mol. The molecule has 0 bridgehead atoms. The molecule has 0 saturated carbocycles. The molecule has 3 rings (SSSR count). The van der Waals surface area contributed by atoms with Crippen molar-refractivity contribution < 1.29 is 5.11 Å². The third-order valence-corrected chi connectivity index (χ3v) is 4.79. The Labute approximate surface area is 123 Å². The van der Waals surface area contributed by atoms with Gasteiger partial charge in [0.1, 0.15) is 0 Å². The Morgan fingerprint density at radius 3 is 2.74 bits per heavy atom. The Morgan fingerprint density at radius 1 is 1.26 bits per heavy atom. The van der Waals surface area contributed by atoms with Gasteiger partial charge in [-0.05, 0) is 17.8 Å². The van der Waals surface area contributed by atoms with Crippen LogP contribution in [0.15, 0.2) is 41.9 Å². The predicted octanol–water partition coefficient (Wildman–Crippen LogP) is 4.02. The number of aromatic nitrogens is 2. The Bertz CT molecular complexity index is 729. The zero-order valence-corrected chi connectivity index (χ0v) is 12.3. The smallest absolute Gasteiger partial charge is 0.213 e. The summed E-state index contributed by atoms with van der Waals surface area (Å²) in [5.41, 5.74) is 1.15. The maximum absolute atomic E-state index is 10.3. The second-order valence-corrected chi connectivity index (χ2v) is 6.53. The van der Waals surface area contributed by atoms with E-state index in [0.717, 1.165) is 10.4 Å². The Hall–Kier alpha value is -1.50. The third-order valence-electron chi connectivity index (χ3n) is 2.67. The molecular weight excluding hydrogens is 296 g/mol. The highest BCUT2D eigenvalue weighted by molar-refractivity contribution is 7.73. The van der Waals surface area contributed by atoms with Crippen LogP contribution in [0.3, 0.4) is 0 Å². The van der Waals surface area contributed by atoms with Crippen LogP contribution >= 0.6 is 34.9 Å². The molecule has 3 nitrogen and oxygen atoms in total. The summed E-state index contributed by atoms with van der Waals surface area (Å²) >= 11 is 8.20. The first-order valence-corrected chi connectivity index (χ1v) is 7.73. The molecule has 0 aliphatic rings. The first kappa shape index (κ1) is 12.5. The van der Waals surface area contributed by atoms with E-state index < -0.39 is 0 Å². The van der Waals surface area contributed by atoms with Gasteiger partial charge in [0.2, 0.25) is 5.88 Å². The molecular formula is C13H10N2OS3. The van der Waals surface area contributed by atoms with Crippen molar-refractivity contribution in [1.82, 2.24) is 9.55 Å². The van der Waals surface area contributed by atoms with Crippen LogP contribution in [0, 0.1) is 3.95 Å². The fourth-order valence-electron chi connectivity index (χ4n) is 1.80. The van der Waals surface area contributed by atoms with Gasteiger partial charge < -0.3 is 5.11 Å². The van der Waals surface area contributed by atoms with Gasteiger partial charge in [-0.3, -0.25) is 0 Å². The minimum absolute atomic E-state index is 0.203. The molecule has 0 spiro atoms. The van der Waals surface area contributed by atoms with Crippen LogP contribution in [-0.2, 0) is 6.42 Å². The summed E-state index contributed by atoms with van der Waals surface area (Å²) < 4.78 is 2.25. The van der Waals surface area contributed by atoms with Crippen LogP contribution in [-0.4, -0.2) is 14.7 Å². The Morgan fingerprint density at radius 2 is 2.05 bits per heavy atom. The number of aromatic hydroxyl groups is 1. The highest BCUT2D eigenvalue weighted by Gasteiger charge is 2.15. The zero-order chi connectivity index (χ0) is 13.2. The normalized spacial score (nSPS) is 10.7. The van der Waals surface area contributed by atoms with Crippen molar-refractivity contribution in [2.45, 2.75) is 6.42 Å². The number of thiazole rings is 2. The van der Waals surface area contributed by atoms with Crippen LogP contribution in [0.25, 0.3) is 5.13 Å². The highest BCUT2D eigenvalue weighted by Crippen LogP contribution is 2.31. The van der Waals surface area contributed by atoms with Crippen molar-refractivity contribution in [1.29, 1.82) is 0 Å². The summed E-state index contributed by atoms with van der Waals surface area (Å²) in [6.07, 6.45) is 2.38. The van der Waals surface area contributed by atoms with Gasteiger partial charge in [-0.25, -0.2) is 9.55 Å². The molecule has 2 aromatic heterocycles. The van der Waals surface area contributed by atoms with Crippen molar-refractivity contribution in [3.05, 3.63) is 56.3 Å². The van der Waals surface area contributed by atoms with Gasteiger partial charge >= 0.3 is 0 Å². The monoisotopic (exact) mass is 306 g/mol. The lowest BCUT2D eigenvalue weighted by Crippen LogP contribution is -1.92. The first-order chi connectivity index (χ1) is 9.25. The fraction of sp³-hybridized carbons (Fsp3) is 0.0769. The second kappa shape index (κ2) is 5.24. The van der Waals surface area contributed by atoms with Crippen molar-refractivity contribution >= 4 is 34.9 Å². The summed E-state index contributed by atoms with van der Waals surface area (Å²) in [6.45, 7) is 0. The topological polar surface area (TPSA) is 38.0 Å². The van der Waals surface area contributed by atoms with Crippen LogP contribution in [0.2, 0.25) is 0 Å². The van der Waals surface area contributed by atoms with Gasteiger partial charge in [-0.2, -0.15) is 0 Å². The molecule has 0 fully saturated rings. The zero-order valence-electron chi connectivity index (χ0n) is 9.81. The van der Waals surface area contributed by atoms with Gasteiger partial charge in [-0.1, -0.05) is 30.3 Å². The highest BCUT2D eigenvalue weighted by atomic mass is 32.1. The van der Waals surface area contributed by atoms with E-state index in [1.165, 1.54) is 22.7 Å². The van der Waals surface area contributed by atoms with E-state index in [4.69, 9.17) is 12.2 Å². The minimum atomic E-state index is 0.203. The molecule has 6 heteroatoms. The molecule has 0 unspecified atom stereocenters. The van der Waals surface area contributed by atoms with Crippen molar-refractivity contribution in [3.63, 3.8) is 0 Å². The minimum Gasteiger partial charge on any atom is -0.493 e. The molecule has 0 aliphatic heterocycles. The van der Waals surface area contributed by atoms with Crippen molar-refractivity contribution in [3.8, 4) is 11.0 Å². The fourth-order valence-corrected chi connectivity index (χ4v) is 3.93. The number of benzene rings is 1. The quantitative estimate of drug-likeness (QED) is 0.743. The lowest BCUT2D eigenvalue weighted by molar-refractivity contribution is 0.437. The molecule has 1 aromatic carbocycles. The summed E-state index contributed by atoms with van der Waals surface area (Å²) in [4.78, 5) is 5.06. The van der Waals surface area contributed by atoms with Gasteiger partial charge in [0, 0.05) is 18.0 Å². The van der Waals surface area contributed by atoms with E-state index in [0.29, 0.717) is 15.5 Å². The maximum atomic E-state index is 10.3. The van der Waals surface area contributed by atoms with E-state index in [2.05, 4.69) is 4.98 Å². The van der Waals surface area contributed by atoms with E-state index in [1.54, 1.807) is 10.8 Å². The van der Waals surface area contributed by atoms with E-state index in [1.807, 2.05) is 35.7 Å². The molecule has 2 heterocycles. The van der Waals surface area contributed by atoms with E-state index in [9.17, 15) is 5.11 Å².